The lowest BCUT2D eigenvalue weighted by Crippen LogP contribution is -2.58. The van der Waals surface area contributed by atoms with Crippen LogP contribution in [0.15, 0.2) is 18.2 Å². The van der Waals surface area contributed by atoms with Gasteiger partial charge in [0.15, 0.2) is 0 Å². The molecule has 0 bridgehead atoms. The molecule has 8 nitrogen and oxygen atoms in total. The van der Waals surface area contributed by atoms with Gasteiger partial charge in [-0.3, -0.25) is 14.5 Å². The molecule has 194 valence electrons. The molecule has 0 spiro atoms. The highest BCUT2D eigenvalue weighted by atomic mass is 35.5. The second kappa shape index (κ2) is 11.8. The van der Waals surface area contributed by atoms with Crippen LogP contribution in [-0.4, -0.2) is 76.7 Å². The predicted octanol–water partition coefficient (Wildman–Crippen LogP) is 4.22. The second-order valence-electron chi connectivity index (χ2n) is 10.3. The number of nitrogens with zero attached hydrogens (tertiary/aromatic N) is 2. The molecule has 1 heterocycles. The molecule has 2 fully saturated rings. The average molecular weight is 528 g/mol. The molecule has 35 heavy (non-hydrogen) atoms. The molecule has 1 aliphatic carbocycles. The molecule has 2 amide bonds. The first-order chi connectivity index (χ1) is 16.4. The maximum atomic E-state index is 13.5. The van der Waals surface area contributed by atoms with Gasteiger partial charge < -0.3 is 20.1 Å². The van der Waals surface area contributed by atoms with Crippen molar-refractivity contribution in [2.45, 2.75) is 70.6 Å². The average Bonchev–Trinajstić information content (AvgIpc) is 2.78. The molecule has 1 unspecified atom stereocenters. The van der Waals surface area contributed by atoms with E-state index in [9.17, 15) is 19.5 Å². The molecular weight excluding hydrogens is 493 g/mol. The number of halogens is 2. The molecule has 1 aromatic carbocycles. The maximum absolute atomic E-state index is 13.5. The third-order valence-electron chi connectivity index (χ3n) is 6.57. The normalized spacial score (nSPS) is 22.4. The molecule has 0 radical (unpaired) electrons. The lowest BCUT2D eigenvalue weighted by Gasteiger charge is -2.43. The first-order valence-corrected chi connectivity index (χ1v) is 12.9. The van der Waals surface area contributed by atoms with E-state index in [1.165, 1.54) is 0 Å². The molecule has 1 saturated carbocycles. The molecule has 2 aliphatic rings. The fraction of sp³-hybridized carbons (Fsp3) is 0.640. The topological polar surface area (TPSA) is 99.2 Å². The van der Waals surface area contributed by atoms with Crippen molar-refractivity contribution in [3.63, 3.8) is 0 Å². The van der Waals surface area contributed by atoms with Crippen LogP contribution in [0.1, 0.15) is 52.0 Å². The summed E-state index contributed by atoms with van der Waals surface area (Å²) in [4.78, 5) is 41.7. The third kappa shape index (κ3) is 7.72. The predicted molar refractivity (Wildman–Crippen MR) is 135 cm³/mol. The molecule has 0 aromatic heterocycles. The summed E-state index contributed by atoms with van der Waals surface area (Å²) in [6.45, 7) is 7.39. The summed E-state index contributed by atoms with van der Waals surface area (Å²) < 4.78 is 5.38. The highest BCUT2D eigenvalue weighted by Gasteiger charge is 2.37. The zero-order valence-corrected chi connectivity index (χ0v) is 22.1. The summed E-state index contributed by atoms with van der Waals surface area (Å²) in [7, 11) is 0. The van der Waals surface area contributed by atoms with Gasteiger partial charge in [0.05, 0.1) is 5.92 Å². The molecule has 1 aliphatic heterocycles. The van der Waals surface area contributed by atoms with Crippen molar-refractivity contribution in [1.82, 2.24) is 15.1 Å². The van der Waals surface area contributed by atoms with Gasteiger partial charge in [-0.2, -0.15) is 0 Å². The van der Waals surface area contributed by atoms with E-state index in [1.54, 1.807) is 43.9 Å². The number of hydrogen-bond acceptors (Lipinski definition) is 5. The molecule has 1 saturated heterocycles. The van der Waals surface area contributed by atoms with Crippen LogP contribution in [0.4, 0.5) is 4.79 Å². The second-order valence-corrected chi connectivity index (χ2v) is 11.1. The minimum Gasteiger partial charge on any atom is -0.481 e. The third-order valence-corrected chi connectivity index (χ3v) is 7.16. The SMILES string of the molecule is CC(C)(C)OC(=O)NC(Cc1ccc(Cl)cc1Cl)C(=O)N1CCN([C@H]2CCCC[C@@H]2C(=O)O)CC1. The Bertz CT molecular complexity index is 928. The number of benzene rings is 1. The van der Waals surface area contributed by atoms with Crippen molar-refractivity contribution in [2.24, 2.45) is 5.92 Å². The number of aliphatic carboxylic acids is 1. The van der Waals surface area contributed by atoms with Gasteiger partial charge in [0, 0.05) is 48.7 Å². The monoisotopic (exact) mass is 527 g/mol. The minimum atomic E-state index is -0.864. The van der Waals surface area contributed by atoms with Gasteiger partial charge in [0.1, 0.15) is 11.6 Å². The van der Waals surface area contributed by atoms with Gasteiger partial charge in [-0.15, -0.1) is 0 Å². The highest BCUT2D eigenvalue weighted by molar-refractivity contribution is 6.35. The van der Waals surface area contributed by atoms with Crippen molar-refractivity contribution < 1.29 is 24.2 Å². The van der Waals surface area contributed by atoms with Gasteiger partial charge in [0.2, 0.25) is 5.91 Å². The Labute approximate surface area is 216 Å². The molecule has 2 N–H and O–H groups in total. The number of carboxylic acids is 1. The highest BCUT2D eigenvalue weighted by Crippen LogP contribution is 2.30. The zero-order valence-electron chi connectivity index (χ0n) is 20.6. The van der Waals surface area contributed by atoms with Crippen LogP contribution in [0.3, 0.4) is 0 Å². The first-order valence-electron chi connectivity index (χ1n) is 12.1. The summed E-state index contributed by atoms with van der Waals surface area (Å²) >= 11 is 12.4. The van der Waals surface area contributed by atoms with E-state index in [1.807, 2.05) is 0 Å². The zero-order chi connectivity index (χ0) is 25.8. The van der Waals surface area contributed by atoms with Gasteiger partial charge >= 0.3 is 12.1 Å². The Morgan fingerprint density at radius 1 is 1.11 bits per heavy atom. The van der Waals surface area contributed by atoms with Crippen molar-refractivity contribution in [3.05, 3.63) is 33.8 Å². The van der Waals surface area contributed by atoms with Crippen molar-refractivity contribution in [2.75, 3.05) is 26.2 Å². The van der Waals surface area contributed by atoms with Crippen LogP contribution in [0.5, 0.6) is 0 Å². The number of piperazine rings is 1. The van der Waals surface area contributed by atoms with Crippen LogP contribution in [0.2, 0.25) is 10.0 Å². The Morgan fingerprint density at radius 2 is 1.77 bits per heavy atom. The van der Waals surface area contributed by atoms with E-state index in [0.717, 1.165) is 19.3 Å². The summed E-state index contributed by atoms with van der Waals surface area (Å²) in [6.07, 6.45) is 3.05. The van der Waals surface area contributed by atoms with Crippen molar-refractivity contribution >= 4 is 41.2 Å². The number of carboxylic acid groups (broad SMARTS) is 1. The van der Waals surface area contributed by atoms with E-state index < -0.39 is 23.7 Å². The number of carbonyl (C=O) groups excluding carboxylic acids is 2. The fourth-order valence-corrected chi connectivity index (χ4v) is 5.37. The molecule has 3 rings (SSSR count). The Hall–Kier alpha value is -2.03. The number of rotatable bonds is 6. The van der Waals surface area contributed by atoms with Gasteiger partial charge in [-0.1, -0.05) is 42.1 Å². The first kappa shape index (κ1) is 27.6. The number of nitrogens with one attached hydrogen (secondary N) is 1. The fourth-order valence-electron chi connectivity index (χ4n) is 4.89. The number of ether oxygens (including phenoxy) is 1. The molecule has 10 heteroatoms. The van der Waals surface area contributed by atoms with E-state index in [2.05, 4.69) is 10.2 Å². The summed E-state index contributed by atoms with van der Waals surface area (Å²) in [6, 6.07) is 4.18. The van der Waals surface area contributed by atoms with Crippen LogP contribution >= 0.6 is 23.2 Å². The van der Waals surface area contributed by atoms with Crippen molar-refractivity contribution in [3.8, 4) is 0 Å². The van der Waals surface area contributed by atoms with E-state index >= 15 is 0 Å². The summed E-state index contributed by atoms with van der Waals surface area (Å²) in [5.74, 6) is -1.32. The molecule has 1 aromatic rings. The van der Waals surface area contributed by atoms with Gasteiger partial charge in [0.25, 0.3) is 0 Å². The quantitative estimate of drug-likeness (QED) is 0.574. The van der Waals surface area contributed by atoms with E-state index in [4.69, 9.17) is 27.9 Å². The standard InChI is InChI=1S/C25H35Cl2N3O5/c1-25(2,3)35-24(34)28-20(14-16-8-9-17(26)15-19(16)27)22(31)30-12-10-29(11-13-30)21-7-5-4-6-18(21)23(32)33/h8-9,15,18,20-21H,4-7,10-14H2,1-3H3,(H,28,34)(H,32,33)/t18-,20?,21-/m0/s1. The van der Waals surface area contributed by atoms with Gasteiger partial charge in [-0.05, 0) is 51.3 Å². The number of hydrogen-bond donors (Lipinski definition) is 2. The minimum absolute atomic E-state index is 0.00191. The number of carbonyl (C=O) groups is 3. The summed E-state index contributed by atoms with van der Waals surface area (Å²) in [5, 5.41) is 13.3. The Morgan fingerprint density at radius 3 is 2.37 bits per heavy atom. The summed E-state index contributed by atoms with van der Waals surface area (Å²) in [5.41, 5.74) is -0.0161. The largest absolute Gasteiger partial charge is 0.481 e. The van der Waals surface area contributed by atoms with E-state index in [0.29, 0.717) is 48.2 Å². The molecular formula is C25H35Cl2N3O5. The smallest absolute Gasteiger partial charge is 0.408 e. The van der Waals surface area contributed by atoms with Gasteiger partial charge in [-0.25, -0.2) is 4.79 Å². The van der Waals surface area contributed by atoms with Crippen LogP contribution in [0.25, 0.3) is 0 Å². The van der Waals surface area contributed by atoms with Crippen LogP contribution < -0.4 is 5.32 Å². The number of amides is 2. The molecule has 3 atom stereocenters. The number of alkyl carbamates (subject to hydrolysis) is 1. The lowest BCUT2D eigenvalue weighted by atomic mass is 9.83. The van der Waals surface area contributed by atoms with Crippen molar-refractivity contribution in [1.29, 1.82) is 0 Å². The lowest BCUT2D eigenvalue weighted by molar-refractivity contribution is -0.147. The Balaban J connectivity index is 1.69. The Kier molecular flexibility index (Phi) is 9.29. The van der Waals surface area contributed by atoms with Crippen LogP contribution in [-0.2, 0) is 20.7 Å². The van der Waals surface area contributed by atoms with E-state index in [-0.39, 0.29) is 24.3 Å². The van der Waals surface area contributed by atoms with Crippen LogP contribution in [0, 0.1) is 5.92 Å². The maximum Gasteiger partial charge on any atom is 0.408 e.